The Hall–Kier alpha value is -3.38. The molecular formula is C27H28N4OS. The van der Waals surface area contributed by atoms with Crippen molar-refractivity contribution in [2.45, 2.75) is 49.5 Å². The van der Waals surface area contributed by atoms with Gasteiger partial charge in [0.1, 0.15) is 5.03 Å². The van der Waals surface area contributed by atoms with Crippen molar-refractivity contribution in [1.29, 1.82) is 0 Å². The van der Waals surface area contributed by atoms with E-state index >= 15 is 0 Å². The number of benzene rings is 3. The Morgan fingerprint density at radius 2 is 1.42 bits per heavy atom. The predicted octanol–water partition coefficient (Wildman–Crippen LogP) is 7.67. The molecule has 2 amide bonds. The Balaban J connectivity index is 1.44. The van der Waals surface area contributed by atoms with Gasteiger partial charge >= 0.3 is 6.03 Å². The molecule has 0 bridgehead atoms. The number of rotatable bonds is 6. The summed E-state index contributed by atoms with van der Waals surface area (Å²) in [6.07, 6.45) is 1.78. The maximum absolute atomic E-state index is 12.8. The zero-order valence-electron chi connectivity index (χ0n) is 19.3. The molecule has 0 spiro atoms. The SMILES string of the molecule is CC(C)c1cccc(C(C)C)c1NC(=O)Nc1ccc(Sc2cnc3ccccc3n2)cc1. The Morgan fingerprint density at radius 3 is 2.06 bits per heavy atom. The van der Waals surface area contributed by atoms with Crippen molar-refractivity contribution in [2.24, 2.45) is 0 Å². The summed E-state index contributed by atoms with van der Waals surface area (Å²) in [6.45, 7) is 8.55. The molecule has 2 N–H and O–H groups in total. The summed E-state index contributed by atoms with van der Waals surface area (Å²) in [6, 6.07) is 21.5. The van der Waals surface area contributed by atoms with E-state index in [9.17, 15) is 4.79 Å². The van der Waals surface area contributed by atoms with E-state index in [-0.39, 0.29) is 6.03 Å². The van der Waals surface area contributed by atoms with Gasteiger partial charge < -0.3 is 10.6 Å². The van der Waals surface area contributed by atoms with E-state index in [0.717, 1.165) is 43.5 Å². The lowest BCUT2D eigenvalue weighted by Gasteiger charge is -2.20. The molecule has 0 atom stereocenters. The van der Waals surface area contributed by atoms with Crippen LogP contribution in [0, 0.1) is 0 Å². The number of carbonyl (C=O) groups excluding carboxylic acids is 1. The lowest BCUT2D eigenvalue weighted by Crippen LogP contribution is -2.21. The van der Waals surface area contributed by atoms with Crippen molar-refractivity contribution in [1.82, 2.24) is 9.97 Å². The molecule has 33 heavy (non-hydrogen) atoms. The minimum Gasteiger partial charge on any atom is -0.308 e. The van der Waals surface area contributed by atoms with Gasteiger partial charge in [0.25, 0.3) is 0 Å². The quantitative estimate of drug-likeness (QED) is 0.312. The molecular weight excluding hydrogens is 428 g/mol. The predicted molar refractivity (Wildman–Crippen MR) is 137 cm³/mol. The Bertz CT molecular complexity index is 1240. The highest BCUT2D eigenvalue weighted by Crippen LogP contribution is 2.33. The maximum atomic E-state index is 12.8. The van der Waals surface area contributed by atoms with Crippen LogP contribution in [0.4, 0.5) is 16.2 Å². The van der Waals surface area contributed by atoms with Crippen LogP contribution in [0.2, 0.25) is 0 Å². The van der Waals surface area contributed by atoms with Crippen LogP contribution in [0.5, 0.6) is 0 Å². The summed E-state index contributed by atoms with van der Waals surface area (Å²) < 4.78 is 0. The van der Waals surface area contributed by atoms with Crippen molar-refractivity contribution in [3.8, 4) is 0 Å². The number of aromatic nitrogens is 2. The minimum absolute atomic E-state index is 0.245. The largest absolute Gasteiger partial charge is 0.323 e. The fraction of sp³-hybridized carbons (Fsp3) is 0.222. The molecule has 0 aliphatic carbocycles. The van der Waals surface area contributed by atoms with Gasteiger partial charge in [-0.3, -0.25) is 4.98 Å². The van der Waals surface area contributed by atoms with Crippen molar-refractivity contribution < 1.29 is 4.79 Å². The number of fused-ring (bicyclic) bond motifs is 1. The standard InChI is InChI=1S/C27H28N4OS/c1-17(2)21-8-7-9-22(18(3)4)26(21)31-27(32)29-19-12-14-20(15-13-19)33-25-16-28-23-10-5-6-11-24(23)30-25/h5-18H,1-4H3,(H2,29,31,32). The van der Waals surface area contributed by atoms with Crippen LogP contribution in [-0.2, 0) is 0 Å². The number of hydrogen-bond donors (Lipinski definition) is 2. The van der Waals surface area contributed by atoms with Crippen LogP contribution in [0.1, 0.15) is 50.7 Å². The smallest absolute Gasteiger partial charge is 0.308 e. The van der Waals surface area contributed by atoms with E-state index in [1.165, 1.54) is 0 Å². The van der Waals surface area contributed by atoms with Gasteiger partial charge in [0, 0.05) is 16.3 Å². The second kappa shape index (κ2) is 10.0. The topological polar surface area (TPSA) is 66.9 Å². The zero-order valence-corrected chi connectivity index (χ0v) is 20.1. The van der Waals surface area contributed by atoms with Crippen LogP contribution in [0.25, 0.3) is 11.0 Å². The molecule has 168 valence electrons. The van der Waals surface area contributed by atoms with E-state index in [1.54, 1.807) is 18.0 Å². The summed E-state index contributed by atoms with van der Waals surface area (Å²) in [7, 11) is 0. The average Bonchev–Trinajstić information content (AvgIpc) is 2.80. The number of para-hydroxylation sites is 3. The molecule has 0 saturated carbocycles. The van der Waals surface area contributed by atoms with Gasteiger partial charge in [-0.15, -0.1) is 0 Å². The highest BCUT2D eigenvalue weighted by Gasteiger charge is 2.16. The number of urea groups is 1. The number of amides is 2. The summed E-state index contributed by atoms with van der Waals surface area (Å²) in [4.78, 5) is 22.9. The van der Waals surface area contributed by atoms with Gasteiger partial charge in [0.05, 0.1) is 17.2 Å². The second-order valence-corrected chi connectivity index (χ2v) is 9.62. The molecule has 5 nitrogen and oxygen atoms in total. The van der Waals surface area contributed by atoms with Gasteiger partial charge in [-0.25, -0.2) is 9.78 Å². The van der Waals surface area contributed by atoms with Gasteiger partial charge in [-0.1, -0.05) is 69.8 Å². The fourth-order valence-corrected chi connectivity index (χ4v) is 4.45. The molecule has 0 fully saturated rings. The lowest BCUT2D eigenvalue weighted by molar-refractivity contribution is 0.262. The molecule has 6 heteroatoms. The lowest BCUT2D eigenvalue weighted by atomic mass is 9.93. The van der Waals surface area contributed by atoms with E-state index in [0.29, 0.717) is 11.8 Å². The highest BCUT2D eigenvalue weighted by atomic mass is 32.2. The van der Waals surface area contributed by atoms with Crippen molar-refractivity contribution in [2.75, 3.05) is 10.6 Å². The van der Waals surface area contributed by atoms with Gasteiger partial charge in [-0.2, -0.15) is 0 Å². The van der Waals surface area contributed by atoms with Gasteiger partial charge in [0.15, 0.2) is 0 Å². The summed E-state index contributed by atoms with van der Waals surface area (Å²) in [5.74, 6) is 0.627. The molecule has 1 aromatic heterocycles. The first-order valence-corrected chi connectivity index (χ1v) is 11.9. The minimum atomic E-state index is -0.245. The van der Waals surface area contributed by atoms with Crippen LogP contribution >= 0.6 is 11.8 Å². The molecule has 0 aliphatic heterocycles. The Labute approximate surface area is 199 Å². The monoisotopic (exact) mass is 456 g/mol. The number of hydrogen-bond acceptors (Lipinski definition) is 4. The van der Waals surface area contributed by atoms with Crippen LogP contribution in [-0.4, -0.2) is 16.0 Å². The molecule has 4 rings (SSSR count). The van der Waals surface area contributed by atoms with Gasteiger partial charge in [-0.05, 0) is 59.4 Å². The molecule has 1 heterocycles. The first-order valence-electron chi connectivity index (χ1n) is 11.1. The molecule has 0 aliphatic rings. The Morgan fingerprint density at radius 1 is 0.788 bits per heavy atom. The highest BCUT2D eigenvalue weighted by molar-refractivity contribution is 7.99. The Kier molecular flexibility index (Phi) is 6.94. The maximum Gasteiger partial charge on any atom is 0.323 e. The van der Waals surface area contributed by atoms with E-state index in [4.69, 9.17) is 0 Å². The van der Waals surface area contributed by atoms with E-state index in [1.807, 2.05) is 48.5 Å². The number of nitrogens with one attached hydrogen (secondary N) is 2. The molecule has 4 aromatic rings. The molecule has 0 unspecified atom stereocenters. The summed E-state index contributed by atoms with van der Waals surface area (Å²) >= 11 is 1.54. The van der Waals surface area contributed by atoms with Gasteiger partial charge in [0.2, 0.25) is 0 Å². The second-order valence-electron chi connectivity index (χ2n) is 8.52. The summed E-state index contributed by atoms with van der Waals surface area (Å²) in [5, 5.41) is 6.87. The third-order valence-electron chi connectivity index (χ3n) is 5.37. The molecule has 0 radical (unpaired) electrons. The first kappa shape index (κ1) is 22.8. The molecule has 0 saturated heterocycles. The van der Waals surface area contributed by atoms with Crippen LogP contribution < -0.4 is 10.6 Å². The van der Waals surface area contributed by atoms with Crippen molar-refractivity contribution in [3.63, 3.8) is 0 Å². The zero-order chi connectivity index (χ0) is 23.4. The van der Waals surface area contributed by atoms with Crippen molar-refractivity contribution in [3.05, 3.63) is 84.1 Å². The average molecular weight is 457 g/mol. The fourth-order valence-electron chi connectivity index (χ4n) is 3.69. The number of anilines is 2. The third-order valence-corrected chi connectivity index (χ3v) is 6.29. The molecule has 3 aromatic carbocycles. The normalized spacial score (nSPS) is 11.2. The summed E-state index contributed by atoms with van der Waals surface area (Å²) in [5.41, 5.74) is 5.67. The van der Waals surface area contributed by atoms with Crippen LogP contribution in [0.15, 0.2) is 82.8 Å². The third kappa shape index (κ3) is 5.52. The van der Waals surface area contributed by atoms with E-state index < -0.39 is 0 Å². The van der Waals surface area contributed by atoms with Crippen molar-refractivity contribution >= 4 is 40.2 Å². The number of carbonyl (C=O) groups is 1. The van der Waals surface area contributed by atoms with Crippen LogP contribution in [0.3, 0.4) is 0 Å². The van der Waals surface area contributed by atoms with E-state index in [2.05, 4.69) is 66.5 Å². The first-order chi connectivity index (χ1) is 15.9. The number of nitrogens with zero attached hydrogens (tertiary/aromatic N) is 2.